The lowest BCUT2D eigenvalue weighted by Crippen LogP contribution is -2.26. The molecular weight excluding hydrogens is 238 g/mol. The fourth-order valence-electron chi connectivity index (χ4n) is 2.62. The highest BCUT2D eigenvalue weighted by atomic mass is 16.4. The molecule has 0 saturated carbocycles. The predicted octanol–water partition coefficient (Wildman–Crippen LogP) is 2.94. The number of hydrogen-bond donors (Lipinski definition) is 1. The van der Waals surface area contributed by atoms with Crippen molar-refractivity contribution in [3.05, 3.63) is 35.4 Å². The zero-order valence-corrected chi connectivity index (χ0v) is 11.9. The number of carboxylic acids is 1. The zero-order valence-electron chi connectivity index (χ0n) is 11.9. The van der Waals surface area contributed by atoms with Crippen LogP contribution >= 0.6 is 0 Å². The van der Waals surface area contributed by atoms with Gasteiger partial charge in [0.25, 0.3) is 0 Å². The Kier molecular flexibility index (Phi) is 4.25. The summed E-state index contributed by atoms with van der Waals surface area (Å²) in [6.07, 6.45) is 3.17. The van der Waals surface area contributed by atoms with Crippen molar-refractivity contribution in [2.45, 2.75) is 39.7 Å². The van der Waals surface area contributed by atoms with Crippen LogP contribution in [0, 0.1) is 5.41 Å². The second-order valence-electron chi connectivity index (χ2n) is 6.17. The first kappa shape index (κ1) is 14.1. The molecule has 1 aromatic rings. The Labute approximate surface area is 115 Å². The Morgan fingerprint density at radius 3 is 2.53 bits per heavy atom. The van der Waals surface area contributed by atoms with Gasteiger partial charge in [0.2, 0.25) is 0 Å². The van der Waals surface area contributed by atoms with Crippen molar-refractivity contribution in [3.8, 4) is 0 Å². The van der Waals surface area contributed by atoms with Gasteiger partial charge < -0.3 is 5.11 Å². The molecule has 3 heteroatoms. The van der Waals surface area contributed by atoms with Crippen LogP contribution < -0.4 is 0 Å². The van der Waals surface area contributed by atoms with Crippen molar-refractivity contribution in [2.75, 3.05) is 13.1 Å². The van der Waals surface area contributed by atoms with Gasteiger partial charge in [0, 0.05) is 6.54 Å². The normalized spacial score (nSPS) is 16.7. The fraction of sp³-hybridized carbons (Fsp3) is 0.562. The van der Waals surface area contributed by atoms with Gasteiger partial charge in [0.15, 0.2) is 0 Å². The molecule has 0 radical (unpaired) electrons. The van der Waals surface area contributed by atoms with E-state index in [1.807, 2.05) is 12.1 Å². The monoisotopic (exact) mass is 261 g/mol. The first-order valence-corrected chi connectivity index (χ1v) is 7.01. The Morgan fingerprint density at radius 2 is 1.89 bits per heavy atom. The van der Waals surface area contributed by atoms with Crippen LogP contribution in [-0.2, 0) is 17.8 Å². The Hall–Kier alpha value is -1.35. The lowest BCUT2D eigenvalue weighted by atomic mass is 9.85. The third-order valence-corrected chi connectivity index (χ3v) is 3.82. The number of rotatable bonds is 5. The van der Waals surface area contributed by atoms with E-state index in [1.165, 1.54) is 31.5 Å². The molecule has 1 aliphatic heterocycles. The highest BCUT2D eigenvalue weighted by Crippen LogP contribution is 2.23. The van der Waals surface area contributed by atoms with Crippen LogP contribution in [0.3, 0.4) is 0 Å². The van der Waals surface area contributed by atoms with E-state index in [1.54, 1.807) is 13.8 Å². The molecule has 1 fully saturated rings. The quantitative estimate of drug-likeness (QED) is 0.886. The van der Waals surface area contributed by atoms with Gasteiger partial charge in [0.1, 0.15) is 0 Å². The highest BCUT2D eigenvalue weighted by molar-refractivity contribution is 5.74. The summed E-state index contributed by atoms with van der Waals surface area (Å²) in [5, 5.41) is 9.19. The summed E-state index contributed by atoms with van der Waals surface area (Å²) in [7, 11) is 0. The molecule has 104 valence electrons. The molecule has 0 bridgehead atoms. The van der Waals surface area contributed by atoms with Gasteiger partial charge >= 0.3 is 5.97 Å². The third kappa shape index (κ3) is 3.80. The molecule has 1 heterocycles. The average molecular weight is 261 g/mol. The molecule has 0 amide bonds. The van der Waals surface area contributed by atoms with Gasteiger partial charge in [0.05, 0.1) is 5.41 Å². The molecule has 19 heavy (non-hydrogen) atoms. The maximum absolute atomic E-state index is 11.2. The number of nitrogens with zero attached hydrogens (tertiary/aromatic N) is 1. The van der Waals surface area contributed by atoms with E-state index in [0.29, 0.717) is 6.42 Å². The number of hydrogen-bond acceptors (Lipinski definition) is 2. The van der Waals surface area contributed by atoms with Crippen LogP contribution in [0.1, 0.15) is 37.8 Å². The van der Waals surface area contributed by atoms with Gasteiger partial charge in [-0.1, -0.05) is 24.3 Å². The second-order valence-corrected chi connectivity index (χ2v) is 6.17. The minimum Gasteiger partial charge on any atom is -0.481 e. The van der Waals surface area contributed by atoms with Crippen molar-refractivity contribution in [1.82, 2.24) is 4.90 Å². The van der Waals surface area contributed by atoms with Gasteiger partial charge in [-0.2, -0.15) is 0 Å². The van der Waals surface area contributed by atoms with Crippen molar-refractivity contribution < 1.29 is 9.90 Å². The third-order valence-electron chi connectivity index (χ3n) is 3.82. The Morgan fingerprint density at radius 1 is 1.26 bits per heavy atom. The number of likely N-dealkylation sites (tertiary alicyclic amines) is 1. The maximum atomic E-state index is 11.2. The molecule has 0 aromatic heterocycles. The van der Waals surface area contributed by atoms with Gasteiger partial charge in [-0.05, 0) is 57.3 Å². The molecule has 0 atom stereocenters. The van der Waals surface area contributed by atoms with Gasteiger partial charge in [-0.25, -0.2) is 0 Å². The van der Waals surface area contributed by atoms with E-state index < -0.39 is 11.4 Å². The van der Waals surface area contributed by atoms with Crippen LogP contribution in [0.25, 0.3) is 0 Å². The van der Waals surface area contributed by atoms with Crippen molar-refractivity contribution in [2.24, 2.45) is 5.41 Å². The molecule has 1 N–H and O–H groups in total. The summed E-state index contributed by atoms with van der Waals surface area (Å²) in [5.74, 6) is -0.738. The zero-order chi connectivity index (χ0) is 13.9. The summed E-state index contributed by atoms with van der Waals surface area (Å²) < 4.78 is 0. The fourth-order valence-corrected chi connectivity index (χ4v) is 2.62. The van der Waals surface area contributed by atoms with Crippen LogP contribution in [-0.4, -0.2) is 29.1 Å². The molecular formula is C16H23NO2. The molecule has 0 unspecified atom stereocenters. The van der Waals surface area contributed by atoms with Crippen molar-refractivity contribution >= 4 is 5.97 Å². The number of carboxylic acid groups (broad SMARTS) is 1. The predicted molar refractivity (Wildman–Crippen MR) is 76.1 cm³/mol. The summed E-state index contributed by atoms with van der Waals surface area (Å²) in [6, 6.07) is 8.36. The smallest absolute Gasteiger partial charge is 0.309 e. The summed E-state index contributed by atoms with van der Waals surface area (Å²) >= 11 is 0. The van der Waals surface area contributed by atoms with E-state index >= 15 is 0 Å². The molecule has 1 saturated heterocycles. The number of benzene rings is 1. The summed E-state index contributed by atoms with van der Waals surface area (Å²) in [4.78, 5) is 13.6. The summed E-state index contributed by atoms with van der Waals surface area (Å²) in [6.45, 7) is 6.92. The standard InChI is InChI=1S/C16H23NO2/c1-16(2,15(18)19)11-13-6-5-7-14(10-13)12-17-8-3-4-9-17/h5-7,10H,3-4,8-9,11-12H2,1-2H3,(H,18,19). The molecule has 3 nitrogen and oxygen atoms in total. The van der Waals surface area contributed by atoms with Crippen molar-refractivity contribution in [1.29, 1.82) is 0 Å². The van der Waals surface area contributed by atoms with E-state index in [2.05, 4.69) is 17.0 Å². The molecule has 2 rings (SSSR count). The first-order chi connectivity index (χ1) is 8.97. The lowest BCUT2D eigenvalue weighted by molar-refractivity contribution is -0.146. The van der Waals surface area contributed by atoms with E-state index in [0.717, 1.165) is 12.1 Å². The maximum Gasteiger partial charge on any atom is 0.309 e. The van der Waals surface area contributed by atoms with Crippen LogP contribution in [0.4, 0.5) is 0 Å². The lowest BCUT2D eigenvalue weighted by Gasteiger charge is -2.20. The molecule has 1 aliphatic rings. The number of carbonyl (C=O) groups is 1. The van der Waals surface area contributed by atoms with Crippen LogP contribution in [0.2, 0.25) is 0 Å². The van der Waals surface area contributed by atoms with Gasteiger partial charge in [-0.3, -0.25) is 9.69 Å². The molecule has 0 aliphatic carbocycles. The van der Waals surface area contributed by atoms with Crippen LogP contribution in [0.15, 0.2) is 24.3 Å². The Bertz CT molecular complexity index is 448. The highest BCUT2D eigenvalue weighted by Gasteiger charge is 2.27. The molecule has 1 aromatic carbocycles. The first-order valence-electron chi connectivity index (χ1n) is 7.01. The molecule has 0 spiro atoms. The minimum atomic E-state index is -0.738. The van der Waals surface area contributed by atoms with E-state index in [4.69, 9.17) is 0 Å². The minimum absolute atomic E-state index is 0.580. The van der Waals surface area contributed by atoms with Crippen LogP contribution in [0.5, 0.6) is 0 Å². The largest absolute Gasteiger partial charge is 0.481 e. The SMILES string of the molecule is CC(C)(Cc1cccc(CN2CCCC2)c1)C(=O)O. The summed E-state index contributed by atoms with van der Waals surface area (Å²) in [5.41, 5.74) is 1.71. The average Bonchev–Trinajstić information content (AvgIpc) is 2.81. The number of aliphatic carboxylic acids is 1. The topological polar surface area (TPSA) is 40.5 Å². The second kappa shape index (κ2) is 5.74. The Balaban J connectivity index is 2.04. The van der Waals surface area contributed by atoms with Crippen molar-refractivity contribution in [3.63, 3.8) is 0 Å². The van der Waals surface area contributed by atoms with E-state index in [9.17, 15) is 9.90 Å². The van der Waals surface area contributed by atoms with E-state index in [-0.39, 0.29) is 0 Å². The van der Waals surface area contributed by atoms with Gasteiger partial charge in [-0.15, -0.1) is 0 Å².